The highest BCUT2D eigenvalue weighted by Gasteiger charge is 2.29. The van der Waals surface area contributed by atoms with Gasteiger partial charge in [-0.3, -0.25) is 4.79 Å². The van der Waals surface area contributed by atoms with Gasteiger partial charge in [0.1, 0.15) is 5.75 Å². The van der Waals surface area contributed by atoms with Gasteiger partial charge >= 0.3 is 0 Å². The smallest absolute Gasteiger partial charge is 0.187 e. The van der Waals surface area contributed by atoms with E-state index < -0.39 is 0 Å². The number of aromatic hydroxyl groups is 1. The molecule has 0 saturated heterocycles. The Morgan fingerprint density at radius 1 is 1.14 bits per heavy atom. The number of phenols is 1. The van der Waals surface area contributed by atoms with Crippen LogP contribution in [0, 0.1) is 0 Å². The zero-order valence-corrected chi connectivity index (χ0v) is 12.8. The van der Waals surface area contributed by atoms with Crippen molar-refractivity contribution in [3.63, 3.8) is 0 Å². The lowest BCUT2D eigenvalue weighted by atomic mass is 9.85. The Balaban J connectivity index is 2.06. The third kappa shape index (κ3) is 2.75. The fourth-order valence-electron chi connectivity index (χ4n) is 2.86. The van der Waals surface area contributed by atoms with E-state index >= 15 is 0 Å². The minimum Gasteiger partial charge on any atom is -0.508 e. The first-order chi connectivity index (χ1) is 10.5. The van der Waals surface area contributed by atoms with Crippen LogP contribution in [0.4, 0.5) is 0 Å². The number of ketones is 1. The van der Waals surface area contributed by atoms with Crippen molar-refractivity contribution in [1.82, 2.24) is 5.32 Å². The fourth-order valence-corrected chi connectivity index (χ4v) is 2.86. The fraction of sp³-hybridized carbons (Fsp3) is 0.211. The first kappa shape index (κ1) is 14.4. The molecule has 1 aliphatic heterocycles. The number of phenolic OH excluding ortho intramolecular Hbond substituents is 1. The molecule has 0 radical (unpaired) electrons. The van der Waals surface area contributed by atoms with Crippen LogP contribution in [0.1, 0.15) is 35.3 Å². The molecule has 0 amide bonds. The molecule has 3 heteroatoms. The molecule has 0 aliphatic carbocycles. The van der Waals surface area contributed by atoms with Crippen LogP contribution >= 0.6 is 0 Å². The summed E-state index contributed by atoms with van der Waals surface area (Å²) in [7, 11) is 0. The van der Waals surface area contributed by atoms with E-state index in [-0.39, 0.29) is 17.1 Å². The van der Waals surface area contributed by atoms with Gasteiger partial charge in [0.15, 0.2) is 5.78 Å². The summed E-state index contributed by atoms with van der Waals surface area (Å²) in [6.45, 7) is 4.12. The minimum atomic E-state index is -0.214. The summed E-state index contributed by atoms with van der Waals surface area (Å²) in [6, 6.07) is 14.6. The first-order valence-corrected chi connectivity index (χ1v) is 7.37. The number of benzene rings is 2. The van der Waals surface area contributed by atoms with Crippen LogP contribution in [0.3, 0.4) is 0 Å². The topological polar surface area (TPSA) is 49.3 Å². The second-order valence-corrected chi connectivity index (χ2v) is 6.28. The molecule has 2 aromatic rings. The number of hydrogen-bond donors (Lipinski definition) is 2. The largest absolute Gasteiger partial charge is 0.508 e. The number of allylic oxidation sites excluding steroid dienone is 1. The monoisotopic (exact) mass is 293 g/mol. The lowest BCUT2D eigenvalue weighted by Crippen LogP contribution is -2.43. The summed E-state index contributed by atoms with van der Waals surface area (Å²) in [5.41, 5.74) is 2.98. The van der Waals surface area contributed by atoms with Crippen molar-refractivity contribution in [1.29, 1.82) is 0 Å². The van der Waals surface area contributed by atoms with Crippen LogP contribution in [0.25, 0.3) is 5.70 Å². The maximum atomic E-state index is 12.4. The summed E-state index contributed by atoms with van der Waals surface area (Å²) in [4.78, 5) is 12.4. The van der Waals surface area contributed by atoms with E-state index in [4.69, 9.17) is 0 Å². The normalized spacial score (nSPS) is 17.6. The van der Waals surface area contributed by atoms with Gasteiger partial charge in [-0.1, -0.05) is 42.5 Å². The molecule has 0 saturated carbocycles. The van der Waals surface area contributed by atoms with Crippen molar-refractivity contribution in [2.24, 2.45) is 0 Å². The first-order valence-electron chi connectivity index (χ1n) is 7.37. The van der Waals surface area contributed by atoms with Crippen LogP contribution in [0.15, 0.2) is 54.6 Å². The SMILES string of the molecule is CC1(C)Cc2c(O)cccc2C(=CC(=O)c2ccccc2)N1. The van der Waals surface area contributed by atoms with Crippen LogP contribution < -0.4 is 5.32 Å². The number of fused-ring (bicyclic) bond motifs is 1. The standard InChI is InChI=1S/C19H19NO2/c1-19(2)12-15-14(9-6-10-17(15)21)16(20-19)11-18(22)13-7-4-3-5-8-13/h3-11,20-21H,12H2,1-2H3. The van der Waals surface area contributed by atoms with Crippen LogP contribution in [-0.4, -0.2) is 16.4 Å². The second-order valence-electron chi connectivity index (χ2n) is 6.28. The van der Waals surface area contributed by atoms with Gasteiger partial charge in [-0.15, -0.1) is 0 Å². The van der Waals surface area contributed by atoms with E-state index in [0.717, 1.165) is 16.8 Å². The zero-order valence-electron chi connectivity index (χ0n) is 12.8. The third-order valence-electron chi connectivity index (χ3n) is 3.87. The van der Waals surface area contributed by atoms with Crippen LogP contribution in [-0.2, 0) is 6.42 Å². The predicted molar refractivity (Wildman–Crippen MR) is 87.8 cm³/mol. The number of hydrogen-bond acceptors (Lipinski definition) is 3. The molecule has 1 aliphatic rings. The van der Waals surface area contributed by atoms with Gasteiger partial charge in [-0.25, -0.2) is 0 Å². The summed E-state index contributed by atoms with van der Waals surface area (Å²) in [5.74, 6) is 0.236. The highest BCUT2D eigenvalue weighted by Crippen LogP contribution is 2.34. The molecular weight excluding hydrogens is 274 g/mol. The molecule has 0 unspecified atom stereocenters. The Morgan fingerprint density at radius 3 is 2.59 bits per heavy atom. The molecule has 112 valence electrons. The summed E-state index contributed by atoms with van der Waals surface area (Å²) in [6.07, 6.45) is 2.33. The highest BCUT2D eigenvalue weighted by molar-refractivity contribution is 6.08. The number of rotatable bonds is 2. The highest BCUT2D eigenvalue weighted by atomic mass is 16.3. The lowest BCUT2D eigenvalue weighted by Gasteiger charge is -2.35. The van der Waals surface area contributed by atoms with Crippen LogP contribution in [0.5, 0.6) is 5.75 Å². The van der Waals surface area contributed by atoms with Crippen molar-refractivity contribution in [2.75, 3.05) is 0 Å². The minimum absolute atomic E-state index is 0.0462. The molecule has 22 heavy (non-hydrogen) atoms. The quantitative estimate of drug-likeness (QED) is 0.657. The Bertz CT molecular complexity index is 745. The van der Waals surface area contributed by atoms with Gasteiger partial charge in [-0.05, 0) is 26.3 Å². The Labute approximate surface area is 130 Å². The van der Waals surface area contributed by atoms with E-state index in [1.165, 1.54) is 0 Å². The number of nitrogens with one attached hydrogen (secondary N) is 1. The van der Waals surface area contributed by atoms with Gasteiger partial charge in [0.05, 0.1) is 0 Å². The Hall–Kier alpha value is -2.55. The number of carbonyl (C=O) groups excluding carboxylic acids is 1. The van der Waals surface area contributed by atoms with Gasteiger partial charge in [0, 0.05) is 34.0 Å². The zero-order chi connectivity index (χ0) is 15.7. The van der Waals surface area contributed by atoms with Crippen molar-refractivity contribution >= 4 is 11.5 Å². The predicted octanol–water partition coefficient (Wildman–Crippen LogP) is 3.54. The molecule has 0 spiro atoms. The summed E-state index contributed by atoms with van der Waals surface area (Å²) in [5, 5.41) is 13.5. The Kier molecular flexibility index (Phi) is 3.49. The maximum Gasteiger partial charge on any atom is 0.187 e. The molecule has 3 nitrogen and oxygen atoms in total. The summed E-state index contributed by atoms with van der Waals surface area (Å²) < 4.78 is 0. The van der Waals surface area contributed by atoms with Gasteiger partial charge in [0.25, 0.3) is 0 Å². The van der Waals surface area contributed by atoms with E-state index in [9.17, 15) is 9.90 Å². The van der Waals surface area contributed by atoms with E-state index in [2.05, 4.69) is 19.2 Å². The van der Waals surface area contributed by atoms with Crippen molar-refractivity contribution in [2.45, 2.75) is 25.8 Å². The molecular formula is C19H19NO2. The maximum absolute atomic E-state index is 12.4. The molecule has 3 rings (SSSR count). The van der Waals surface area contributed by atoms with Crippen molar-refractivity contribution < 1.29 is 9.90 Å². The van der Waals surface area contributed by atoms with Gasteiger partial charge < -0.3 is 10.4 Å². The van der Waals surface area contributed by atoms with Crippen molar-refractivity contribution in [3.8, 4) is 5.75 Å². The molecule has 1 heterocycles. The van der Waals surface area contributed by atoms with Crippen LogP contribution in [0.2, 0.25) is 0 Å². The molecule has 0 aromatic heterocycles. The van der Waals surface area contributed by atoms with Gasteiger partial charge in [0.2, 0.25) is 0 Å². The Morgan fingerprint density at radius 2 is 1.86 bits per heavy atom. The average Bonchev–Trinajstić information content (AvgIpc) is 2.48. The third-order valence-corrected chi connectivity index (χ3v) is 3.87. The number of carbonyl (C=O) groups is 1. The lowest BCUT2D eigenvalue weighted by molar-refractivity contribution is 0.104. The van der Waals surface area contributed by atoms with E-state index in [1.54, 1.807) is 30.3 Å². The summed E-state index contributed by atoms with van der Waals surface area (Å²) >= 11 is 0. The van der Waals surface area contributed by atoms with E-state index in [0.29, 0.717) is 12.0 Å². The van der Waals surface area contributed by atoms with Crippen molar-refractivity contribution in [3.05, 3.63) is 71.3 Å². The molecule has 0 bridgehead atoms. The molecule has 2 aromatic carbocycles. The molecule has 2 N–H and O–H groups in total. The van der Waals surface area contributed by atoms with E-state index in [1.807, 2.05) is 24.3 Å². The average molecular weight is 293 g/mol. The molecule has 0 fully saturated rings. The molecule has 0 atom stereocenters. The second kappa shape index (κ2) is 5.34. The van der Waals surface area contributed by atoms with Gasteiger partial charge in [-0.2, -0.15) is 0 Å².